The van der Waals surface area contributed by atoms with Crippen molar-refractivity contribution in [2.45, 2.75) is 0 Å². The average Bonchev–Trinajstić information content (AvgIpc) is 3.88. The molecule has 2 heterocycles. The second-order valence-electron chi connectivity index (χ2n) is 15.6. The first-order valence-corrected chi connectivity index (χ1v) is 20.8. The SMILES string of the molecule is c1ccc(-c2ccc(N(c3ccc(-c4ccccc4-n4c5ccccc5c5ccccc54)cc3)c3ccccc3-c3cc4c5ccccc5oc4c4ccccc34)cc2)cc1. The Kier molecular flexibility index (Phi) is 8.17. The molecule has 0 aliphatic rings. The van der Waals surface area contributed by atoms with Crippen LogP contribution in [0.15, 0.2) is 235 Å². The number of fused-ring (bicyclic) bond motifs is 8. The van der Waals surface area contributed by atoms with E-state index < -0.39 is 0 Å². The van der Waals surface area contributed by atoms with Crippen LogP contribution in [-0.2, 0) is 0 Å². The van der Waals surface area contributed by atoms with Gasteiger partial charge < -0.3 is 13.9 Å². The number of benzene rings is 10. The molecule has 12 aromatic rings. The van der Waals surface area contributed by atoms with Crippen molar-refractivity contribution in [3.05, 3.63) is 231 Å². The van der Waals surface area contributed by atoms with Crippen LogP contribution < -0.4 is 4.90 Å². The molecule has 0 unspecified atom stereocenters. The van der Waals surface area contributed by atoms with Gasteiger partial charge in [-0.1, -0.05) is 170 Å². The minimum Gasteiger partial charge on any atom is -0.455 e. The zero-order chi connectivity index (χ0) is 40.3. The lowest BCUT2D eigenvalue weighted by atomic mass is 9.93. The molecule has 0 N–H and O–H groups in total. The molecule has 0 spiro atoms. The number of nitrogens with zero attached hydrogens (tertiary/aromatic N) is 2. The van der Waals surface area contributed by atoms with Crippen LogP contribution in [0.4, 0.5) is 17.1 Å². The van der Waals surface area contributed by atoms with Crippen molar-refractivity contribution in [3.63, 3.8) is 0 Å². The maximum atomic E-state index is 6.53. The monoisotopic (exact) mass is 778 g/mol. The summed E-state index contributed by atoms with van der Waals surface area (Å²) in [6.07, 6.45) is 0. The third-order valence-electron chi connectivity index (χ3n) is 12.2. The highest BCUT2D eigenvalue weighted by molar-refractivity contribution is 6.20. The number of hydrogen-bond donors (Lipinski definition) is 0. The first-order chi connectivity index (χ1) is 30.3. The van der Waals surface area contributed by atoms with Crippen molar-refractivity contribution in [2.24, 2.45) is 0 Å². The molecular weight excluding hydrogens is 741 g/mol. The van der Waals surface area contributed by atoms with Crippen molar-refractivity contribution in [1.82, 2.24) is 4.57 Å². The molecule has 0 fully saturated rings. The molecule has 0 amide bonds. The highest BCUT2D eigenvalue weighted by atomic mass is 16.3. The third-order valence-corrected chi connectivity index (χ3v) is 12.2. The van der Waals surface area contributed by atoms with Crippen LogP contribution in [0.5, 0.6) is 0 Å². The Balaban J connectivity index is 1.04. The van der Waals surface area contributed by atoms with E-state index in [0.717, 1.165) is 72.2 Å². The Morgan fingerprint density at radius 2 is 0.836 bits per heavy atom. The summed E-state index contributed by atoms with van der Waals surface area (Å²) in [6.45, 7) is 0. The van der Waals surface area contributed by atoms with Gasteiger partial charge in [0, 0.05) is 49.4 Å². The van der Waals surface area contributed by atoms with Gasteiger partial charge in [0.2, 0.25) is 0 Å². The lowest BCUT2D eigenvalue weighted by Crippen LogP contribution is -2.11. The standard InChI is InChI=1S/C58H38N2O/c1-2-16-39(17-3-1)40-30-34-42(35-31-40)59(54-26-12-9-22-48(54)51-38-52-49-23-10-15-29-57(49)61-58(52)50-24-5-4-19-45(50)51)43-36-32-41(33-37-43)44-18-6-11-25-53(44)60-55-27-13-7-20-46(55)47-21-8-14-28-56(47)60/h1-38H. The van der Waals surface area contributed by atoms with Crippen LogP contribution in [0.1, 0.15) is 0 Å². The Morgan fingerprint density at radius 3 is 1.54 bits per heavy atom. The van der Waals surface area contributed by atoms with Crippen LogP contribution in [0.3, 0.4) is 0 Å². The molecule has 0 saturated carbocycles. The maximum absolute atomic E-state index is 6.53. The summed E-state index contributed by atoms with van der Waals surface area (Å²) in [5, 5.41) is 6.99. The van der Waals surface area contributed by atoms with E-state index >= 15 is 0 Å². The van der Waals surface area contributed by atoms with Gasteiger partial charge in [0.05, 0.1) is 22.4 Å². The highest BCUT2D eigenvalue weighted by Gasteiger charge is 2.22. The zero-order valence-electron chi connectivity index (χ0n) is 33.2. The normalized spacial score (nSPS) is 11.6. The van der Waals surface area contributed by atoms with Crippen LogP contribution in [0.2, 0.25) is 0 Å². The van der Waals surface area contributed by atoms with E-state index in [2.05, 4.69) is 234 Å². The van der Waals surface area contributed by atoms with Gasteiger partial charge in [-0.3, -0.25) is 0 Å². The van der Waals surface area contributed by atoms with Gasteiger partial charge in [0.25, 0.3) is 0 Å². The number of rotatable bonds is 7. The van der Waals surface area contributed by atoms with Crippen LogP contribution >= 0.6 is 0 Å². The Labute approximate surface area is 353 Å². The number of para-hydroxylation sites is 5. The van der Waals surface area contributed by atoms with Crippen LogP contribution in [0.25, 0.3) is 93.6 Å². The van der Waals surface area contributed by atoms with E-state index in [1.54, 1.807) is 0 Å². The zero-order valence-corrected chi connectivity index (χ0v) is 33.2. The second-order valence-corrected chi connectivity index (χ2v) is 15.6. The van der Waals surface area contributed by atoms with Crippen molar-refractivity contribution < 1.29 is 4.42 Å². The lowest BCUT2D eigenvalue weighted by Gasteiger charge is -2.28. The van der Waals surface area contributed by atoms with Gasteiger partial charge in [-0.15, -0.1) is 0 Å². The van der Waals surface area contributed by atoms with Gasteiger partial charge in [-0.05, 0) is 88.3 Å². The summed E-state index contributed by atoms with van der Waals surface area (Å²) in [5.41, 5.74) is 15.6. The van der Waals surface area contributed by atoms with Crippen molar-refractivity contribution >= 4 is 71.6 Å². The predicted molar refractivity (Wildman–Crippen MR) is 257 cm³/mol. The van der Waals surface area contributed by atoms with E-state index in [1.165, 1.54) is 38.5 Å². The Hall–Kier alpha value is -8.14. The predicted octanol–water partition coefficient (Wildman–Crippen LogP) is 16.3. The first-order valence-electron chi connectivity index (χ1n) is 20.8. The third kappa shape index (κ3) is 5.74. The number of aromatic nitrogens is 1. The molecule has 2 aromatic heterocycles. The molecule has 0 aliphatic carbocycles. The molecule has 10 aromatic carbocycles. The molecule has 12 rings (SSSR count). The Morgan fingerprint density at radius 1 is 0.328 bits per heavy atom. The fraction of sp³-hybridized carbons (Fsp3) is 0. The number of anilines is 3. The van der Waals surface area contributed by atoms with Gasteiger partial charge in [-0.2, -0.15) is 0 Å². The van der Waals surface area contributed by atoms with E-state index in [-0.39, 0.29) is 0 Å². The number of furan rings is 1. The van der Waals surface area contributed by atoms with Crippen LogP contribution in [-0.4, -0.2) is 4.57 Å². The van der Waals surface area contributed by atoms with E-state index in [4.69, 9.17) is 4.42 Å². The largest absolute Gasteiger partial charge is 0.455 e. The second kappa shape index (κ2) is 14.3. The van der Waals surface area contributed by atoms with Gasteiger partial charge >= 0.3 is 0 Å². The maximum Gasteiger partial charge on any atom is 0.143 e. The van der Waals surface area contributed by atoms with E-state index in [0.29, 0.717) is 0 Å². The Bertz CT molecular complexity index is 3520. The fourth-order valence-corrected chi connectivity index (χ4v) is 9.41. The summed E-state index contributed by atoms with van der Waals surface area (Å²) < 4.78 is 8.94. The molecule has 0 atom stereocenters. The van der Waals surface area contributed by atoms with Crippen molar-refractivity contribution in [3.8, 4) is 39.1 Å². The average molecular weight is 779 g/mol. The fourth-order valence-electron chi connectivity index (χ4n) is 9.41. The molecule has 0 radical (unpaired) electrons. The molecule has 286 valence electrons. The van der Waals surface area contributed by atoms with Crippen molar-refractivity contribution in [2.75, 3.05) is 4.90 Å². The summed E-state index contributed by atoms with van der Waals surface area (Å²) in [7, 11) is 0. The molecule has 61 heavy (non-hydrogen) atoms. The summed E-state index contributed by atoms with van der Waals surface area (Å²) in [6, 6.07) is 82.9. The molecular formula is C58H38N2O. The molecule has 0 bridgehead atoms. The molecule has 3 heteroatoms. The van der Waals surface area contributed by atoms with E-state index in [1.807, 2.05) is 6.07 Å². The minimum atomic E-state index is 0.896. The summed E-state index contributed by atoms with van der Waals surface area (Å²) >= 11 is 0. The highest BCUT2D eigenvalue weighted by Crippen LogP contribution is 2.46. The number of hydrogen-bond acceptors (Lipinski definition) is 2. The van der Waals surface area contributed by atoms with Gasteiger partial charge in [0.1, 0.15) is 11.2 Å². The summed E-state index contributed by atoms with van der Waals surface area (Å²) in [5.74, 6) is 0. The lowest BCUT2D eigenvalue weighted by molar-refractivity contribution is 0.672. The van der Waals surface area contributed by atoms with Crippen LogP contribution in [0, 0.1) is 0 Å². The topological polar surface area (TPSA) is 21.3 Å². The minimum absolute atomic E-state index is 0.896. The molecule has 3 nitrogen and oxygen atoms in total. The smallest absolute Gasteiger partial charge is 0.143 e. The molecule has 0 saturated heterocycles. The van der Waals surface area contributed by atoms with E-state index in [9.17, 15) is 0 Å². The van der Waals surface area contributed by atoms with Gasteiger partial charge in [-0.25, -0.2) is 0 Å². The van der Waals surface area contributed by atoms with Crippen molar-refractivity contribution in [1.29, 1.82) is 0 Å². The first kappa shape index (κ1) is 34.9. The quantitative estimate of drug-likeness (QED) is 0.161. The van der Waals surface area contributed by atoms with Gasteiger partial charge in [0.15, 0.2) is 0 Å². The molecule has 0 aliphatic heterocycles. The summed E-state index contributed by atoms with van der Waals surface area (Å²) in [4.78, 5) is 2.40.